The summed E-state index contributed by atoms with van der Waals surface area (Å²) in [6.07, 6.45) is 6.40. The fraction of sp³-hybridized carbons (Fsp3) is 0.632. The molecule has 0 bridgehead atoms. The summed E-state index contributed by atoms with van der Waals surface area (Å²) in [5.74, 6) is 0.913. The first-order valence-corrected chi connectivity index (χ1v) is 9.13. The average Bonchev–Trinajstić information content (AvgIpc) is 3.10. The quantitative estimate of drug-likeness (QED) is 0.885. The Labute approximate surface area is 144 Å². The van der Waals surface area contributed by atoms with E-state index in [0.29, 0.717) is 6.54 Å². The molecule has 1 aliphatic carbocycles. The lowest BCUT2D eigenvalue weighted by Gasteiger charge is -2.34. The average molecular weight is 332 g/mol. The van der Waals surface area contributed by atoms with E-state index in [9.17, 15) is 9.90 Å². The number of ether oxygens (including phenoxy) is 1. The molecule has 2 unspecified atom stereocenters. The molecule has 1 saturated heterocycles. The second-order valence-corrected chi connectivity index (χ2v) is 7.04. The second-order valence-electron chi connectivity index (χ2n) is 7.04. The van der Waals surface area contributed by atoms with Gasteiger partial charge in [-0.05, 0) is 57.6 Å². The molecule has 132 valence electrons. The van der Waals surface area contributed by atoms with Crippen molar-refractivity contribution in [3.05, 3.63) is 24.3 Å². The van der Waals surface area contributed by atoms with Crippen LogP contribution in [0.25, 0.3) is 0 Å². The van der Waals surface area contributed by atoms with Crippen LogP contribution in [0.1, 0.15) is 45.4 Å². The zero-order valence-corrected chi connectivity index (χ0v) is 14.4. The molecular formula is C19H28N2O3. The van der Waals surface area contributed by atoms with Crippen LogP contribution in [0.2, 0.25) is 0 Å². The van der Waals surface area contributed by atoms with Crippen LogP contribution in [0.5, 0.6) is 5.75 Å². The number of carbonyl (C=O) groups is 1. The summed E-state index contributed by atoms with van der Waals surface area (Å²) in [6, 6.07) is 7.54. The molecule has 2 amide bonds. The lowest BCUT2D eigenvalue weighted by Crippen LogP contribution is -2.44. The standard InChI is InChI=1S/C19H28N2O3/c1-14(22)15-7-6-12-21(13-15)19(23)20-17-10-4-5-11-18(17)24-16-8-2-3-9-16/h4-5,10-11,14-16,22H,2-3,6-9,12-13H2,1H3,(H,20,23). The molecule has 24 heavy (non-hydrogen) atoms. The Morgan fingerprint density at radius 2 is 2.00 bits per heavy atom. The summed E-state index contributed by atoms with van der Waals surface area (Å²) in [5, 5.41) is 12.8. The predicted molar refractivity (Wildman–Crippen MR) is 94.3 cm³/mol. The Hall–Kier alpha value is -1.75. The van der Waals surface area contributed by atoms with Crippen molar-refractivity contribution >= 4 is 11.7 Å². The van der Waals surface area contributed by atoms with E-state index in [1.165, 1.54) is 12.8 Å². The van der Waals surface area contributed by atoms with Gasteiger partial charge in [0.1, 0.15) is 5.75 Å². The highest BCUT2D eigenvalue weighted by Crippen LogP contribution is 2.30. The van der Waals surface area contributed by atoms with Crippen LogP contribution in [-0.4, -0.2) is 41.3 Å². The Morgan fingerprint density at radius 3 is 2.75 bits per heavy atom. The minimum atomic E-state index is -0.376. The van der Waals surface area contributed by atoms with Crippen molar-refractivity contribution in [2.75, 3.05) is 18.4 Å². The number of benzene rings is 1. The van der Waals surface area contributed by atoms with Gasteiger partial charge in [0.2, 0.25) is 0 Å². The highest BCUT2D eigenvalue weighted by Gasteiger charge is 2.27. The molecular weight excluding hydrogens is 304 g/mol. The molecule has 1 saturated carbocycles. The molecule has 0 radical (unpaired) electrons. The number of para-hydroxylation sites is 2. The maximum absolute atomic E-state index is 12.6. The highest BCUT2D eigenvalue weighted by atomic mass is 16.5. The first-order chi connectivity index (χ1) is 11.6. The number of nitrogens with zero attached hydrogens (tertiary/aromatic N) is 1. The lowest BCUT2D eigenvalue weighted by molar-refractivity contribution is 0.0765. The zero-order chi connectivity index (χ0) is 16.9. The first kappa shape index (κ1) is 17.1. The highest BCUT2D eigenvalue weighted by molar-refractivity contribution is 5.91. The van der Waals surface area contributed by atoms with Crippen molar-refractivity contribution in [3.8, 4) is 5.75 Å². The summed E-state index contributed by atoms with van der Waals surface area (Å²) in [6.45, 7) is 3.15. The van der Waals surface area contributed by atoms with E-state index in [4.69, 9.17) is 4.74 Å². The van der Waals surface area contributed by atoms with Gasteiger partial charge in [-0.15, -0.1) is 0 Å². The molecule has 5 nitrogen and oxygen atoms in total. The van der Waals surface area contributed by atoms with Crippen LogP contribution < -0.4 is 10.1 Å². The third-order valence-corrected chi connectivity index (χ3v) is 5.15. The van der Waals surface area contributed by atoms with Crippen molar-refractivity contribution in [2.45, 2.75) is 57.7 Å². The monoisotopic (exact) mass is 332 g/mol. The van der Waals surface area contributed by atoms with Crippen molar-refractivity contribution in [1.29, 1.82) is 0 Å². The fourth-order valence-corrected chi connectivity index (χ4v) is 3.64. The topological polar surface area (TPSA) is 61.8 Å². The van der Waals surface area contributed by atoms with Crippen LogP contribution in [0.4, 0.5) is 10.5 Å². The number of likely N-dealkylation sites (tertiary alicyclic amines) is 1. The predicted octanol–water partition coefficient (Wildman–Crippen LogP) is 3.63. The minimum absolute atomic E-state index is 0.108. The van der Waals surface area contributed by atoms with Gasteiger partial charge in [0.15, 0.2) is 0 Å². The Kier molecular flexibility index (Phi) is 5.61. The largest absolute Gasteiger partial charge is 0.488 e. The van der Waals surface area contributed by atoms with Gasteiger partial charge in [0.05, 0.1) is 17.9 Å². The van der Waals surface area contributed by atoms with E-state index in [1.807, 2.05) is 24.3 Å². The van der Waals surface area contributed by atoms with Crippen LogP contribution >= 0.6 is 0 Å². The summed E-state index contributed by atoms with van der Waals surface area (Å²) in [7, 11) is 0. The van der Waals surface area contributed by atoms with Gasteiger partial charge in [-0.3, -0.25) is 0 Å². The maximum Gasteiger partial charge on any atom is 0.321 e. The Morgan fingerprint density at radius 1 is 1.25 bits per heavy atom. The fourth-order valence-electron chi connectivity index (χ4n) is 3.64. The number of nitrogens with one attached hydrogen (secondary N) is 1. The molecule has 5 heteroatoms. The van der Waals surface area contributed by atoms with E-state index in [0.717, 1.165) is 43.7 Å². The van der Waals surface area contributed by atoms with Gasteiger partial charge in [0.25, 0.3) is 0 Å². The first-order valence-electron chi connectivity index (χ1n) is 9.13. The van der Waals surface area contributed by atoms with Gasteiger partial charge in [-0.2, -0.15) is 0 Å². The molecule has 0 spiro atoms. The van der Waals surface area contributed by atoms with Crippen LogP contribution in [-0.2, 0) is 0 Å². The third-order valence-electron chi connectivity index (χ3n) is 5.15. The molecule has 0 aromatic heterocycles. The molecule has 2 atom stereocenters. The minimum Gasteiger partial charge on any atom is -0.488 e. The van der Waals surface area contributed by atoms with E-state index >= 15 is 0 Å². The summed E-state index contributed by atoms with van der Waals surface area (Å²) in [4.78, 5) is 14.4. The lowest BCUT2D eigenvalue weighted by atomic mass is 9.94. The number of amides is 2. The van der Waals surface area contributed by atoms with Crippen molar-refractivity contribution < 1.29 is 14.6 Å². The summed E-state index contributed by atoms with van der Waals surface area (Å²) < 4.78 is 6.08. The number of rotatable bonds is 4. The Bertz CT molecular complexity index is 555. The number of urea groups is 1. The number of piperidine rings is 1. The van der Waals surface area contributed by atoms with Gasteiger partial charge >= 0.3 is 6.03 Å². The third kappa shape index (κ3) is 4.20. The summed E-state index contributed by atoms with van der Waals surface area (Å²) in [5.41, 5.74) is 0.730. The molecule has 2 fully saturated rings. The molecule has 2 N–H and O–H groups in total. The van der Waals surface area contributed by atoms with Gasteiger partial charge in [-0.25, -0.2) is 4.79 Å². The van der Waals surface area contributed by atoms with Gasteiger partial charge < -0.3 is 20.1 Å². The number of hydrogen-bond donors (Lipinski definition) is 2. The van der Waals surface area contributed by atoms with Gasteiger partial charge in [-0.1, -0.05) is 12.1 Å². The zero-order valence-electron chi connectivity index (χ0n) is 14.4. The number of anilines is 1. The van der Waals surface area contributed by atoms with E-state index < -0.39 is 0 Å². The van der Waals surface area contributed by atoms with E-state index in [1.54, 1.807) is 11.8 Å². The maximum atomic E-state index is 12.6. The Balaban J connectivity index is 1.63. The van der Waals surface area contributed by atoms with Crippen LogP contribution in [0, 0.1) is 5.92 Å². The number of aliphatic hydroxyl groups excluding tert-OH is 1. The van der Waals surface area contributed by atoms with Crippen molar-refractivity contribution in [3.63, 3.8) is 0 Å². The molecule has 3 rings (SSSR count). The smallest absolute Gasteiger partial charge is 0.321 e. The molecule has 2 aliphatic rings. The molecule has 1 aliphatic heterocycles. The number of carbonyl (C=O) groups excluding carboxylic acids is 1. The SMILES string of the molecule is CC(O)C1CCCN(C(=O)Nc2ccccc2OC2CCCC2)C1. The molecule has 1 aromatic carbocycles. The van der Waals surface area contributed by atoms with Gasteiger partial charge in [0, 0.05) is 19.0 Å². The molecule has 1 aromatic rings. The van der Waals surface area contributed by atoms with E-state index in [-0.39, 0.29) is 24.2 Å². The van der Waals surface area contributed by atoms with Crippen LogP contribution in [0.15, 0.2) is 24.3 Å². The second kappa shape index (κ2) is 7.88. The van der Waals surface area contributed by atoms with Crippen molar-refractivity contribution in [1.82, 2.24) is 4.90 Å². The molecule has 1 heterocycles. The van der Waals surface area contributed by atoms with Crippen LogP contribution in [0.3, 0.4) is 0 Å². The normalized spacial score (nSPS) is 23.1. The number of aliphatic hydroxyl groups is 1. The summed E-state index contributed by atoms with van der Waals surface area (Å²) >= 11 is 0. The van der Waals surface area contributed by atoms with E-state index in [2.05, 4.69) is 5.32 Å². The number of hydrogen-bond acceptors (Lipinski definition) is 3. The van der Waals surface area contributed by atoms with Crippen molar-refractivity contribution in [2.24, 2.45) is 5.92 Å².